The van der Waals surface area contributed by atoms with Crippen LogP contribution in [0, 0.1) is 20.2 Å². The molecule has 1 atom stereocenters. The van der Waals surface area contributed by atoms with Crippen LogP contribution in [-0.2, 0) is 11.0 Å². The molecular weight excluding hydrogens is 449 g/mol. The Labute approximate surface area is 183 Å². The zero-order chi connectivity index (χ0) is 24.2. The van der Waals surface area contributed by atoms with Gasteiger partial charge in [0.2, 0.25) is 5.91 Å². The molecule has 0 aliphatic carbocycles. The van der Waals surface area contributed by atoms with Gasteiger partial charge in [-0.1, -0.05) is 0 Å². The van der Waals surface area contributed by atoms with Crippen LogP contribution in [0.25, 0.3) is 0 Å². The Hall–Kier alpha value is -4.42. The van der Waals surface area contributed by atoms with Crippen LogP contribution in [0.3, 0.4) is 0 Å². The number of halogens is 3. The SMILES string of the molecule is O=C(CC(Nc1ccc([N+](=O)[O-])c(C(F)(F)F)c1)c1ccco1)Nc1ccc([N+](=O)[O-])cc1. The van der Waals surface area contributed by atoms with Crippen LogP contribution >= 0.6 is 0 Å². The van der Waals surface area contributed by atoms with Crippen molar-refractivity contribution >= 4 is 28.7 Å². The molecule has 0 bridgehead atoms. The number of non-ortho nitro benzene ring substituents is 1. The van der Waals surface area contributed by atoms with Crippen LogP contribution in [0.15, 0.2) is 65.3 Å². The Morgan fingerprint density at radius 1 is 1.00 bits per heavy atom. The summed E-state index contributed by atoms with van der Waals surface area (Å²) in [5.74, 6) is -0.323. The summed E-state index contributed by atoms with van der Waals surface area (Å²) in [5.41, 5.74) is -2.54. The van der Waals surface area contributed by atoms with Crippen molar-refractivity contribution in [2.24, 2.45) is 0 Å². The van der Waals surface area contributed by atoms with E-state index in [1.165, 1.54) is 42.7 Å². The molecule has 3 aromatic rings. The first kappa shape index (κ1) is 23.2. The fourth-order valence-corrected chi connectivity index (χ4v) is 2.99. The second kappa shape index (κ2) is 9.38. The Morgan fingerprint density at radius 2 is 1.67 bits per heavy atom. The summed E-state index contributed by atoms with van der Waals surface area (Å²) in [6.45, 7) is 0. The van der Waals surface area contributed by atoms with Gasteiger partial charge in [-0.3, -0.25) is 25.0 Å². The number of anilines is 2. The van der Waals surface area contributed by atoms with Crippen LogP contribution in [0.1, 0.15) is 23.8 Å². The van der Waals surface area contributed by atoms with E-state index >= 15 is 0 Å². The van der Waals surface area contributed by atoms with Crippen molar-refractivity contribution in [3.8, 4) is 0 Å². The van der Waals surface area contributed by atoms with Crippen LogP contribution < -0.4 is 10.6 Å². The smallest absolute Gasteiger partial charge is 0.423 e. The van der Waals surface area contributed by atoms with Crippen LogP contribution in [0.2, 0.25) is 0 Å². The van der Waals surface area contributed by atoms with Crippen molar-refractivity contribution in [3.05, 3.63) is 92.4 Å². The summed E-state index contributed by atoms with van der Waals surface area (Å²) in [4.78, 5) is 32.4. The number of nitrogens with one attached hydrogen (secondary N) is 2. The quantitative estimate of drug-likeness (QED) is 0.341. The Morgan fingerprint density at radius 3 is 2.21 bits per heavy atom. The van der Waals surface area contributed by atoms with Crippen molar-refractivity contribution in [1.29, 1.82) is 0 Å². The molecular formula is C20H15F3N4O6. The Balaban J connectivity index is 1.80. The van der Waals surface area contributed by atoms with Gasteiger partial charge in [-0.2, -0.15) is 13.2 Å². The van der Waals surface area contributed by atoms with Gasteiger partial charge in [0.15, 0.2) is 0 Å². The molecule has 33 heavy (non-hydrogen) atoms. The van der Waals surface area contributed by atoms with Crippen LogP contribution in [0.4, 0.5) is 35.9 Å². The fraction of sp³-hybridized carbons (Fsp3) is 0.150. The number of carbonyl (C=O) groups is 1. The van der Waals surface area contributed by atoms with E-state index < -0.39 is 39.2 Å². The minimum atomic E-state index is -4.96. The number of rotatable bonds is 8. The highest BCUT2D eigenvalue weighted by Gasteiger charge is 2.38. The molecule has 13 heteroatoms. The zero-order valence-electron chi connectivity index (χ0n) is 16.5. The molecule has 1 amide bonds. The summed E-state index contributed by atoms with van der Waals surface area (Å²) < 4.78 is 45.1. The lowest BCUT2D eigenvalue weighted by Gasteiger charge is -2.19. The van der Waals surface area contributed by atoms with Crippen molar-refractivity contribution in [1.82, 2.24) is 0 Å². The second-order valence-electron chi connectivity index (χ2n) is 6.76. The average molecular weight is 464 g/mol. The highest BCUT2D eigenvalue weighted by atomic mass is 19.4. The molecule has 3 rings (SSSR count). The summed E-state index contributed by atoms with van der Waals surface area (Å²) in [5, 5.41) is 26.9. The zero-order valence-corrected chi connectivity index (χ0v) is 16.5. The molecule has 0 saturated heterocycles. The molecule has 2 N–H and O–H groups in total. The molecule has 0 aliphatic heterocycles. The number of nitrogens with zero attached hydrogens (tertiary/aromatic N) is 2. The van der Waals surface area contributed by atoms with Crippen molar-refractivity contribution in [2.45, 2.75) is 18.6 Å². The monoisotopic (exact) mass is 464 g/mol. The van der Waals surface area contributed by atoms with E-state index in [1.807, 2.05) is 0 Å². The molecule has 2 aromatic carbocycles. The summed E-state index contributed by atoms with van der Waals surface area (Å²) in [7, 11) is 0. The number of nitro groups is 2. The van der Waals surface area contributed by atoms with Gasteiger partial charge < -0.3 is 15.1 Å². The van der Waals surface area contributed by atoms with Crippen molar-refractivity contribution in [3.63, 3.8) is 0 Å². The molecule has 0 aliphatic rings. The van der Waals surface area contributed by atoms with E-state index in [0.29, 0.717) is 6.07 Å². The number of hydrogen-bond acceptors (Lipinski definition) is 7. The fourth-order valence-electron chi connectivity index (χ4n) is 2.99. The lowest BCUT2D eigenvalue weighted by molar-refractivity contribution is -0.388. The minimum absolute atomic E-state index is 0.113. The number of alkyl halides is 3. The highest BCUT2D eigenvalue weighted by Crippen LogP contribution is 2.38. The van der Waals surface area contributed by atoms with Crippen LogP contribution in [0.5, 0.6) is 0 Å². The van der Waals surface area contributed by atoms with Gasteiger partial charge in [-0.25, -0.2) is 0 Å². The Kier molecular flexibility index (Phi) is 6.61. The van der Waals surface area contributed by atoms with E-state index in [-0.39, 0.29) is 29.2 Å². The summed E-state index contributed by atoms with van der Waals surface area (Å²) in [6.07, 6.45) is -3.94. The third kappa shape index (κ3) is 5.84. The molecule has 0 fully saturated rings. The second-order valence-corrected chi connectivity index (χ2v) is 6.76. The van der Waals surface area contributed by atoms with Crippen molar-refractivity contribution in [2.75, 3.05) is 10.6 Å². The van der Waals surface area contributed by atoms with Gasteiger partial charge in [0, 0.05) is 29.6 Å². The van der Waals surface area contributed by atoms with Gasteiger partial charge in [-0.15, -0.1) is 0 Å². The van der Waals surface area contributed by atoms with E-state index in [2.05, 4.69) is 10.6 Å². The molecule has 0 saturated carbocycles. The van der Waals surface area contributed by atoms with Gasteiger partial charge in [-0.05, 0) is 36.4 Å². The first-order valence-electron chi connectivity index (χ1n) is 9.24. The maximum atomic E-state index is 13.3. The number of hydrogen-bond donors (Lipinski definition) is 2. The van der Waals surface area contributed by atoms with Gasteiger partial charge in [0.1, 0.15) is 11.3 Å². The number of nitro benzene ring substituents is 2. The molecule has 0 radical (unpaired) electrons. The average Bonchev–Trinajstić information content (AvgIpc) is 3.27. The number of carbonyl (C=O) groups excluding carboxylic acids is 1. The molecule has 1 aromatic heterocycles. The first-order valence-corrected chi connectivity index (χ1v) is 9.24. The third-order valence-corrected chi connectivity index (χ3v) is 4.48. The molecule has 1 heterocycles. The van der Waals surface area contributed by atoms with Crippen molar-refractivity contribution < 1.29 is 32.2 Å². The van der Waals surface area contributed by atoms with Crippen LogP contribution in [-0.4, -0.2) is 15.8 Å². The Bertz CT molecular complexity index is 1160. The normalized spacial score (nSPS) is 12.1. The van der Waals surface area contributed by atoms with E-state index in [9.17, 15) is 38.2 Å². The topological polar surface area (TPSA) is 141 Å². The van der Waals surface area contributed by atoms with Gasteiger partial charge in [0.05, 0.1) is 28.6 Å². The lowest BCUT2D eigenvalue weighted by Crippen LogP contribution is -2.20. The standard InChI is InChI=1S/C20H15F3N4O6/c21-20(22,23)15-10-13(5-8-17(15)27(31)32)24-16(18-2-1-9-33-18)11-19(28)25-12-3-6-14(7-4-12)26(29)30/h1-10,16,24H,11H2,(H,25,28). The first-order chi connectivity index (χ1) is 15.5. The molecule has 10 nitrogen and oxygen atoms in total. The molecule has 0 spiro atoms. The molecule has 172 valence electrons. The molecule has 1 unspecified atom stereocenters. The highest BCUT2D eigenvalue weighted by molar-refractivity contribution is 5.91. The lowest BCUT2D eigenvalue weighted by atomic mass is 10.1. The van der Waals surface area contributed by atoms with Gasteiger partial charge >= 0.3 is 6.18 Å². The largest absolute Gasteiger partial charge is 0.467 e. The van der Waals surface area contributed by atoms with E-state index in [1.54, 1.807) is 0 Å². The number of benzene rings is 2. The predicted octanol–water partition coefficient (Wildman–Crippen LogP) is 5.30. The van der Waals surface area contributed by atoms with Gasteiger partial charge in [0.25, 0.3) is 11.4 Å². The van der Waals surface area contributed by atoms with E-state index in [0.717, 1.165) is 12.1 Å². The number of amides is 1. The maximum Gasteiger partial charge on any atom is 0.423 e. The summed E-state index contributed by atoms with van der Waals surface area (Å²) >= 11 is 0. The van der Waals surface area contributed by atoms with E-state index in [4.69, 9.17) is 4.42 Å². The predicted molar refractivity (Wildman–Crippen MR) is 110 cm³/mol. The minimum Gasteiger partial charge on any atom is -0.467 e. The third-order valence-electron chi connectivity index (χ3n) is 4.48. The number of furan rings is 1. The summed E-state index contributed by atoms with van der Waals surface area (Å²) in [6, 6.07) is 9.58. The maximum absolute atomic E-state index is 13.3.